The van der Waals surface area contributed by atoms with Gasteiger partial charge in [0.1, 0.15) is 6.17 Å². The van der Waals surface area contributed by atoms with Crippen LogP contribution in [-0.2, 0) is 0 Å². The Hall–Kier alpha value is -0.190. The molecule has 0 spiro atoms. The summed E-state index contributed by atoms with van der Waals surface area (Å²) in [5.41, 5.74) is 2.62. The smallest absolute Gasteiger partial charge is 0.103 e. The standard InChI is InChI=1S/C8H18FN3/c9-8-2-6-12(7-3-8)5-1-4-11-10/h8,11H,1-7,10H2. The molecule has 0 aromatic heterocycles. The first-order valence-corrected chi connectivity index (χ1v) is 4.63. The van der Waals surface area contributed by atoms with E-state index in [-0.39, 0.29) is 0 Å². The fourth-order valence-corrected chi connectivity index (χ4v) is 1.53. The third-order valence-electron chi connectivity index (χ3n) is 2.31. The van der Waals surface area contributed by atoms with Crippen LogP contribution in [0.3, 0.4) is 0 Å². The van der Waals surface area contributed by atoms with Crippen LogP contribution in [0, 0.1) is 0 Å². The summed E-state index contributed by atoms with van der Waals surface area (Å²) in [6, 6.07) is 0. The van der Waals surface area contributed by atoms with Crippen LogP contribution in [0.1, 0.15) is 19.3 Å². The lowest BCUT2D eigenvalue weighted by atomic mass is 10.1. The summed E-state index contributed by atoms with van der Waals surface area (Å²) in [6.45, 7) is 3.70. The van der Waals surface area contributed by atoms with E-state index in [1.165, 1.54) is 0 Å². The van der Waals surface area contributed by atoms with Crippen LogP contribution in [0.2, 0.25) is 0 Å². The summed E-state index contributed by atoms with van der Waals surface area (Å²) in [5.74, 6) is 5.14. The van der Waals surface area contributed by atoms with Gasteiger partial charge in [-0.3, -0.25) is 11.3 Å². The van der Waals surface area contributed by atoms with Gasteiger partial charge >= 0.3 is 0 Å². The Morgan fingerprint density at radius 3 is 2.67 bits per heavy atom. The van der Waals surface area contributed by atoms with E-state index < -0.39 is 6.17 Å². The number of hydrogen-bond acceptors (Lipinski definition) is 3. The lowest BCUT2D eigenvalue weighted by molar-refractivity contribution is 0.149. The van der Waals surface area contributed by atoms with E-state index in [1.54, 1.807) is 0 Å². The van der Waals surface area contributed by atoms with Gasteiger partial charge in [0.05, 0.1) is 0 Å². The third kappa shape index (κ3) is 3.47. The zero-order valence-corrected chi connectivity index (χ0v) is 7.43. The molecule has 1 fully saturated rings. The van der Waals surface area contributed by atoms with Crippen molar-refractivity contribution in [1.82, 2.24) is 10.3 Å². The topological polar surface area (TPSA) is 41.3 Å². The number of hydrogen-bond donors (Lipinski definition) is 2. The highest BCUT2D eigenvalue weighted by Gasteiger charge is 2.17. The van der Waals surface area contributed by atoms with Crippen molar-refractivity contribution in [3.05, 3.63) is 0 Å². The predicted molar refractivity (Wildman–Crippen MR) is 47.4 cm³/mol. The minimum atomic E-state index is -0.561. The predicted octanol–water partition coefficient (Wildman–Crippen LogP) is 0.274. The largest absolute Gasteiger partial charge is 0.303 e. The van der Waals surface area contributed by atoms with Gasteiger partial charge < -0.3 is 4.90 Å². The molecular weight excluding hydrogens is 157 g/mol. The van der Waals surface area contributed by atoms with Crippen molar-refractivity contribution in [3.8, 4) is 0 Å². The number of hydrazine groups is 1. The normalized spacial score (nSPS) is 21.5. The Labute approximate surface area is 73.1 Å². The van der Waals surface area contributed by atoms with Crippen molar-refractivity contribution in [2.45, 2.75) is 25.4 Å². The zero-order chi connectivity index (χ0) is 8.81. The van der Waals surface area contributed by atoms with E-state index in [2.05, 4.69) is 10.3 Å². The molecule has 0 amide bonds. The molecule has 0 aromatic rings. The molecule has 1 aliphatic rings. The number of alkyl halides is 1. The van der Waals surface area contributed by atoms with Crippen molar-refractivity contribution in [1.29, 1.82) is 0 Å². The molecule has 4 heteroatoms. The maximum absolute atomic E-state index is 12.7. The number of halogens is 1. The highest BCUT2D eigenvalue weighted by atomic mass is 19.1. The van der Waals surface area contributed by atoms with Crippen LogP contribution in [0.15, 0.2) is 0 Å². The second-order valence-corrected chi connectivity index (χ2v) is 3.32. The summed E-state index contributed by atoms with van der Waals surface area (Å²) >= 11 is 0. The summed E-state index contributed by atoms with van der Waals surface area (Å²) in [6.07, 6.45) is 1.90. The summed E-state index contributed by atoms with van der Waals surface area (Å²) in [5, 5.41) is 0. The minimum absolute atomic E-state index is 0.561. The molecule has 0 saturated carbocycles. The van der Waals surface area contributed by atoms with Crippen molar-refractivity contribution < 1.29 is 4.39 Å². The van der Waals surface area contributed by atoms with E-state index in [9.17, 15) is 4.39 Å². The molecule has 0 atom stereocenters. The Morgan fingerprint density at radius 1 is 1.42 bits per heavy atom. The van der Waals surface area contributed by atoms with Gasteiger partial charge in [-0.1, -0.05) is 0 Å². The SMILES string of the molecule is NNCCCN1CCC(F)CC1. The lowest BCUT2D eigenvalue weighted by Gasteiger charge is -2.28. The van der Waals surface area contributed by atoms with E-state index in [4.69, 9.17) is 5.84 Å². The van der Waals surface area contributed by atoms with Gasteiger partial charge in [0.2, 0.25) is 0 Å². The maximum Gasteiger partial charge on any atom is 0.103 e. The molecule has 1 rings (SSSR count). The first kappa shape index (κ1) is 9.89. The first-order chi connectivity index (χ1) is 5.83. The summed E-state index contributed by atoms with van der Waals surface area (Å²) in [4.78, 5) is 2.30. The third-order valence-corrected chi connectivity index (χ3v) is 2.31. The highest BCUT2D eigenvalue weighted by molar-refractivity contribution is 4.71. The fourth-order valence-electron chi connectivity index (χ4n) is 1.53. The van der Waals surface area contributed by atoms with Gasteiger partial charge in [0, 0.05) is 19.6 Å². The zero-order valence-electron chi connectivity index (χ0n) is 7.43. The van der Waals surface area contributed by atoms with E-state index in [0.29, 0.717) is 12.8 Å². The van der Waals surface area contributed by atoms with E-state index in [1.807, 2.05) is 0 Å². The average Bonchev–Trinajstić information content (AvgIpc) is 2.09. The van der Waals surface area contributed by atoms with Crippen molar-refractivity contribution in [2.75, 3.05) is 26.2 Å². The monoisotopic (exact) mass is 175 g/mol. The molecule has 0 aliphatic carbocycles. The Bertz CT molecular complexity index is 113. The molecule has 1 saturated heterocycles. The number of piperidine rings is 1. The maximum atomic E-state index is 12.7. The molecule has 12 heavy (non-hydrogen) atoms. The molecule has 1 aliphatic heterocycles. The van der Waals surface area contributed by atoms with E-state index >= 15 is 0 Å². The molecule has 0 aromatic carbocycles. The van der Waals surface area contributed by atoms with Gasteiger partial charge in [-0.05, 0) is 25.8 Å². The number of nitrogens with two attached hydrogens (primary N) is 1. The Kier molecular flexibility index (Phi) is 4.50. The minimum Gasteiger partial charge on any atom is -0.303 e. The Morgan fingerprint density at radius 2 is 2.08 bits per heavy atom. The van der Waals surface area contributed by atoms with Crippen molar-refractivity contribution >= 4 is 0 Å². The Balaban J connectivity index is 2.01. The second-order valence-electron chi connectivity index (χ2n) is 3.32. The van der Waals surface area contributed by atoms with Crippen LogP contribution < -0.4 is 11.3 Å². The molecule has 1 heterocycles. The van der Waals surface area contributed by atoms with Crippen molar-refractivity contribution in [3.63, 3.8) is 0 Å². The quantitative estimate of drug-likeness (QED) is 0.366. The molecule has 0 unspecified atom stereocenters. The molecule has 3 N–H and O–H groups in total. The molecule has 72 valence electrons. The second kappa shape index (κ2) is 5.45. The van der Waals surface area contributed by atoms with Gasteiger partial charge in [0.15, 0.2) is 0 Å². The highest BCUT2D eigenvalue weighted by Crippen LogP contribution is 2.12. The average molecular weight is 175 g/mol. The number of nitrogens with zero attached hydrogens (tertiary/aromatic N) is 1. The van der Waals surface area contributed by atoms with Crippen LogP contribution >= 0.6 is 0 Å². The number of rotatable bonds is 4. The van der Waals surface area contributed by atoms with Crippen LogP contribution in [0.5, 0.6) is 0 Å². The van der Waals surface area contributed by atoms with Gasteiger partial charge in [-0.25, -0.2) is 4.39 Å². The van der Waals surface area contributed by atoms with Gasteiger partial charge in [0.25, 0.3) is 0 Å². The molecule has 3 nitrogen and oxygen atoms in total. The molecule has 0 radical (unpaired) electrons. The molecular formula is C8H18FN3. The van der Waals surface area contributed by atoms with Crippen LogP contribution in [-0.4, -0.2) is 37.3 Å². The number of nitrogens with one attached hydrogen (secondary N) is 1. The molecule has 0 bridgehead atoms. The van der Waals surface area contributed by atoms with Crippen LogP contribution in [0.25, 0.3) is 0 Å². The summed E-state index contributed by atoms with van der Waals surface area (Å²) < 4.78 is 12.7. The van der Waals surface area contributed by atoms with Crippen molar-refractivity contribution in [2.24, 2.45) is 5.84 Å². The number of likely N-dealkylation sites (tertiary alicyclic amines) is 1. The lowest BCUT2D eigenvalue weighted by Crippen LogP contribution is -2.36. The van der Waals surface area contributed by atoms with Gasteiger partial charge in [-0.15, -0.1) is 0 Å². The van der Waals surface area contributed by atoms with Gasteiger partial charge in [-0.2, -0.15) is 0 Å². The summed E-state index contributed by atoms with van der Waals surface area (Å²) in [7, 11) is 0. The first-order valence-electron chi connectivity index (χ1n) is 4.63. The van der Waals surface area contributed by atoms with E-state index in [0.717, 1.165) is 32.6 Å². The fraction of sp³-hybridized carbons (Fsp3) is 1.00. The van der Waals surface area contributed by atoms with Crippen LogP contribution in [0.4, 0.5) is 4.39 Å².